The normalized spacial score (nSPS) is 10.8. The summed E-state index contributed by atoms with van der Waals surface area (Å²) in [5.41, 5.74) is 4.89. The maximum atomic E-state index is 5.25. The average Bonchev–Trinajstić information content (AvgIpc) is 2.40. The van der Waals surface area contributed by atoms with Crippen molar-refractivity contribution >= 4 is 22.6 Å². The predicted octanol–water partition coefficient (Wildman–Crippen LogP) is 3.29. The lowest BCUT2D eigenvalue weighted by Gasteiger charge is -2.03. The number of aromatic nitrogens is 1. The molecule has 0 saturated carbocycles. The van der Waals surface area contributed by atoms with Gasteiger partial charge in [-0.15, -0.1) is 0 Å². The Labute approximate surface area is 89.4 Å². The number of fused-ring (bicyclic) bond motifs is 1. The fourth-order valence-corrected chi connectivity index (χ4v) is 2.12. The second kappa shape index (κ2) is 3.21. The van der Waals surface area contributed by atoms with Crippen LogP contribution in [0.2, 0.25) is 0 Å². The van der Waals surface area contributed by atoms with Crippen molar-refractivity contribution in [3.63, 3.8) is 0 Å². The first-order valence-corrected chi connectivity index (χ1v) is 5.09. The SMILES string of the molecule is CC(=S)c1c(C)cc2ccc(C)cn12. The Morgan fingerprint density at radius 2 is 2.00 bits per heavy atom. The summed E-state index contributed by atoms with van der Waals surface area (Å²) < 4.78 is 2.17. The minimum atomic E-state index is 0.952. The van der Waals surface area contributed by atoms with Crippen LogP contribution in [0.3, 0.4) is 0 Å². The van der Waals surface area contributed by atoms with E-state index in [1.54, 1.807) is 0 Å². The highest BCUT2D eigenvalue weighted by Crippen LogP contribution is 2.17. The quantitative estimate of drug-likeness (QED) is 0.508. The van der Waals surface area contributed by atoms with Gasteiger partial charge >= 0.3 is 0 Å². The lowest BCUT2D eigenvalue weighted by Crippen LogP contribution is -1.99. The molecule has 0 fully saturated rings. The molecule has 72 valence electrons. The Balaban J connectivity index is 2.86. The molecule has 0 N–H and O–H groups in total. The van der Waals surface area contributed by atoms with Crippen LogP contribution < -0.4 is 0 Å². The molecule has 0 radical (unpaired) electrons. The van der Waals surface area contributed by atoms with Crippen LogP contribution in [-0.2, 0) is 0 Å². The minimum Gasteiger partial charge on any atom is -0.316 e. The number of nitrogens with zero attached hydrogens (tertiary/aromatic N) is 1. The van der Waals surface area contributed by atoms with E-state index in [1.807, 2.05) is 6.92 Å². The van der Waals surface area contributed by atoms with E-state index in [0.29, 0.717) is 0 Å². The van der Waals surface area contributed by atoms with E-state index < -0.39 is 0 Å². The highest BCUT2D eigenvalue weighted by Gasteiger charge is 2.07. The van der Waals surface area contributed by atoms with E-state index in [9.17, 15) is 0 Å². The van der Waals surface area contributed by atoms with Gasteiger partial charge in [0.15, 0.2) is 0 Å². The number of pyridine rings is 1. The Bertz CT molecular complexity index is 508. The van der Waals surface area contributed by atoms with Gasteiger partial charge in [-0.2, -0.15) is 0 Å². The van der Waals surface area contributed by atoms with Gasteiger partial charge in [0.25, 0.3) is 0 Å². The van der Waals surface area contributed by atoms with Crippen molar-refractivity contribution in [2.75, 3.05) is 0 Å². The van der Waals surface area contributed by atoms with Crippen LogP contribution >= 0.6 is 12.2 Å². The number of rotatable bonds is 1. The maximum Gasteiger partial charge on any atom is 0.0622 e. The van der Waals surface area contributed by atoms with Crippen molar-refractivity contribution in [2.45, 2.75) is 20.8 Å². The predicted molar refractivity (Wildman–Crippen MR) is 64.2 cm³/mol. The zero-order valence-corrected chi connectivity index (χ0v) is 9.48. The Morgan fingerprint density at radius 1 is 1.29 bits per heavy atom. The smallest absolute Gasteiger partial charge is 0.0622 e. The van der Waals surface area contributed by atoms with Gasteiger partial charge in [0, 0.05) is 16.6 Å². The van der Waals surface area contributed by atoms with Crippen molar-refractivity contribution in [3.05, 3.63) is 41.2 Å². The van der Waals surface area contributed by atoms with Gasteiger partial charge in [0.1, 0.15) is 0 Å². The van der Waals surface area contributed by atoms with E-state index >= 15 is 0 Å². The molecule has 0 amide bonds. The Morgan fingerprint density at radius 3 is 2.64 bits per heavy atom. The molecule has 2 heterocycles. The molecular formula is C12H13NS. The van der Waals surface area contributed by atoms with Gasteiger partial charge in [-0.05, 0) is 44.0 Å². The Hall–Kier alpha value is -1.15. The maximum absolute atomic E-state index is 5.25. The van der Waals surface area contributed by atoms with Gasteiger partial charge in [-0.3, -0.25) is 0 Å². The number of hydrogen-bond donors (Lipinski definition) is 0. The summed E-state index contributed by atoms with van der Waals surface area (Å²) in [5.74, 6) is 0. The summed E-state index contributed by atoms with van der Waals surface area (Å²) in [6, 6.07) is 6.42. The van der Waals surface area contributed by atoms with E-state index in [4.69, 9.17) is 12.2 Å². The molecule has 2 aromatic rings. The van der Waals surface area contributed by atoms with Crippen LogP contribution in [-0.4, -0.2) is 9.27 Å². The van der Waals surface area contributed by atoms with E-state index in [1.165, 1.54) is 22.3 Å². The molecule has 0 spiro atoms. The van der Waals surface area contributed by atoms with Gasteiger partial charge in [0.2, 0.25) is 0 Å². The molecule has 0 bridgehead atoms. The van der Waals surface area contributed by atoms with Gasteiger partial charge in [-0.1, -0.05) is 18.3 Å². The first-order chi connectivity index (χ1) is 6.59. The largest absolute Gasteiger partial charge is 0.316 e. The zero-order valence-electron chi connectivity index (χ0n) is 8.66. The van der Waals surface area contributed by atoms with Crippen LogP contribution in [0.4, 0.5) is 0 Å². The third-order valence-corrected chi connectivity index (χ3v) is 2.63. The molecule has 0 aliphatic carbocycles. The van der Waals surface area contributed by atoms with E-state index in [2.05, 4.69) is 42.6 Å². The molecule has 2 heteroatoms. The Kier molecular flexibility index (Phi) is 2.16. The van der Waals surface area contributed by atoms with Gasteiger partial charge in [0.05, 0.1) is 5.69 Å². The molecule has 0 atom stereocenters. The molecule has 0 aromatic carbocycles. The molecule has 2 rings (SSSR count). The fraction of sp³-hybridized carbons (Fsp3) is 0.250. The van der Waals surface area contributed by atoms with E-state index in [-0.39, 0.29) is 0 Å². The summed E-state index contributed by atoms with van der Waals surface area (Å²) >= 11 is 5.25. The first kappa shape index (κ1) is 9.41. The minimum absolute atomic E-state index is 0.952. The van der Waals surface area contributed by atoms with Gasteiger partial charge in [-0.25, -0.2) is 0 Å². The standard InChI is InChI=1S/C12H13NS/c1-8-4-5-11-6-9(2)12(10(3)14)13(11)7-8/h4-7H,1-3H3. The van der Waals surface area contributed by atoms with Crippen molar-refractivity contribution in [1.82, 2.24) is 4.40 Å². The number of aryl methyl sites for hydroxylation is 2. The van der Waals surface area contributed by atoms with Crippen LogP contribution in [0.5, 0.6) is 0 Å². The summed E-state index contributed by atoms with van der Waals surface area (Å²) in [7, 11) is 0. The second-order valence-corrected chi connectivity index (χ2v) is 4.35. The number of thiocarbonyl (C=S) groups is 1. The fourth-order valence-electron chi connectivity index (χ4n) is 1.86. The lowest BCUT2D eigenvalue weighted by atomic mass is 10.2. The number of hydrogen-bond acceptors (Lipinski definition) is 1. The molecule has 0 saturated heterocycles. The highest BCUT2D eigenvalue weighted by molar-refractivity contribution is 7.80. The molecule has 2 aromatic heterocycles. The molecule has 0 unspecified atom stereocenters. The topological polar surface area (TPSA) is 4.41 Å². The summed E-state index contributed by atoms with van der Waals surface area (Å²) in [4.78, 5) is 0.952. The first-order valence-electron chi connectivity index (χ1n) is 4.69. The molecule has 0 aliphatic heterocycles. The molecule has 0 aliphatic rings. The molecule has 14 heavy (non-hydrogen) atoms. The summed E-state index contributed by atoms with van der Waals surface area (Å²) in [6.45, 7) is 6.18. The highest BCUT2D eigenvalue weighted by atomic mass is 32.1. The van der Waals surface area contributed by atoms with Crippen LogP contribution in [0.25, 0.3) is 5.52 Å². The third kappa shape index (κ3) is 1.36. The lowest BCUT2D eigenvalue weighted by molar-refractivity contribution is 1.14. The van der Waals surface area contributed by atoms with Crippen LogP contribution in [0, 0.1) is 13.8 Å². The monoisotopic (exact) mass is 203 g/mol. The van der Waals surface area contributed by atoms with Gasteiger partial charge < -0.3 is 4.40 Å². The zero-order chi connectivity index (χ0) is 10.3. The van der Waals surface area contributed by atoms with Crippen molar-refractivity contribution in [3.8, 4) is 0 Å². The molecular weight excluding hydrogens is 190 g/mol. The second-order valence-electron chi connectivity index (χ2n) is 3.73. The van der Waals surface area contributed by atoms with Crippen molar-refractivity contribution in [1.29, 1.82) is 0 Å². The summed E-state index contributed by atoms with van der Waals surface area (Å²) in [5, 5.41) is 0. The van der Waals surface area contributed by atoms with Crippen LogP contribution in [0.1, 0.15) is 23.7 Å². The molecule has 1 nitrogen and oxygen atoms in total. The average molecular weight is 203 g/mol. The van der Waals surface area contributed by atoms with E-state index in [0.717, 1.165) is 4.86 Å². The third-order valence-electron chi connectivity index (χ3n) is 2.44. The van der Waals surface area contributed by atoms with Crippen molar-refractivity contribution < 1.29 is 0 Å². The van der Waals surface area contributed by atoms with Crippen LogP contribution in [0.15, 0.2) is 24.4 Å². The van der Waals surface area contributed by atoms with Crippen molar-refractivity contribution in [2.24, 2.45) is 0 Å². The summed E-state index contributed by atoms with van der Waals surface area (Å²) in [6.07, 6.45) is 2.13.